The van der Waals surface area contributed by atoms with Gasteiger partial charge in [0.05, 0.1) is 18.2 Å². The van der Waals surface area contributed by atoms with Crippen LogP contribution in [0, 0.1) is 17.2 Å². The molecule has 1 fully saturated rings. The van der Waals surface area contributed by atoms with Crippen LogP contribution in [0.25, 0.3) is 0 Å². The molecule has 1 N–H and O–H groups in total. The van der Waals surface area contributed by atoms with E-state index in [9.17, 15) is 0 Å². The summed E-state index contributed by atoms with van der Waals surface area (Å²) in [5, 5.41) is 12.3. The van der Waals surface area contributed by atoms with Crippen LogP contribution in [-0.4, -0.2) is 19.7 Å². The molecule has 0 aliphatic carbocycles. The molecule has 3 rings (SSSR count). The van der Waals surface area contributed by atoms with Gasteiger partial charge in [0.1, 0.15) is 5.75 Å². The third kappa shape index (κ3) is 1.46. The van der Waals surface area contributed by atoms with Gasteiger partial charge in [-0.25, -0.2) is 0 Å². The van der Waals surface area contributed by atoms with Crippen molar-refractivity contribution in [2.24, 2.45) is 5.92 Å². The number of ether oxygens (including phenoxy) is 1. The Morgan fingerprint density at radius 2 is 2.38 bits per heavy atom. The molecule has 0 radical (unpaired) electrons. The van der Waals surface area contributed by atoms with Crippen molar-refractivity contribution in [3.05, 3.63) is 29.3 Å². The summed E-state index contributed by atoms with van der Waals surface area (Å²) >= 11 is 0. The van der Waals surface area contributed by atoms with Crippen molar-refractivity contribution >= 4 is 0 Å². The second-order valence-corrected chi connectivity index (χ2v) is 4.53. The number of nitriles is 1. The number of nitrogens with zero attached hydrogens (tertiary/aromatic N) is 1. The highest BCUT2D eigenvalue weighted by Crippen LogP contribution is 2.40. The molecule has 3 nitrogen and oxygen atoms in total. The lowest BCUT2D eigenvalue weighted by Crippen LogP contribution is -2.40. The van der Waals surface area contributed by atoms with E-state index >= 15 is 0 Å². The Bertz CT molecular complexity index is 450. The van der Waals surface area contributed by atoms with E-state index in [1.165, 1.54) is 5.56 Å². The number of fused-ring (bicyclic) bond motifs is 3. The first-order valence-corrected chi connectivity index (χ1v) is 5.76. The SMILES string of the molecule is N#Cc1ccc2c(c1)C1CCNCC1CO2. The summed E-state index contributed by atoms with van der Waals surface area (Å²) in [7, 11) is 0. The van der Waals surface area contributed by atoms with Gasteiger partial charge in [0.15, 0.2) is 0 Å². The van der Waals surface area contributed by atoms with Crippen molar-refractivity contribution in [2.45, 2.75) is 12.3 Å². The van der Waals surface area contributed by atoms with Crippen molar-refractivity contribution in [1.82, 2.24) is 5.32 Å². The van der Waals surface area contributed by atoms with E-state index in [4.69, 9.17) is 10.00 Å². The Balaban J connectivity index is 2.02. The van der Waals surface area contributed by atoms with E-state index < -0.39 is 0 Å². The van der Waals surface area contributed by atoms with Gasteiger partial charge in [0, 0.05) is 12.5 Å². The highest BCUT2D eigenvalue weighted by atomic mass is 16.5. The molecule has 2 atom stereocenters. The second kappa shape index (κ2) is 3.80. The number of piperidine rings is 1. The zero-order valence-corrected chi connectivity index (χ0v) is 9.07. The van der Waals surface area contributed by atoms with Crippen molar-refractivity contribution < 1.29 is 4.74 Å². The number of hydrogen-bond donors (Lipinski definition) is 1. The second-order valence-electron chi connectivity index (χ2n) is 4.53. The van der Waals surface area contributed by atoms with Gasteiger partial charge in [-0.2, -0.15) is 5.26 Å². The van der Waals surface area contributed by atoms with Crippen LogP contribution in [-0.2, 0) is 0 Å². The number of hydrogen-bond acceptors (Lipinski definition) is 3. The van der Waals surface area contributed by atoms with E-state index in [0.29, 0.717) is 11.8 Å². The molecule has 2 heterocycles. The van der Waals surface area contributed by atoms with Crippen molar-refractivity contribution in [3.8, 4) is 11.8 Å². The summed E-state index contributed by atoms with van der Waals surface area (Å²) in [6, 6.07) is 7.97. The maximum absolute atomic E-state index is 8.93. The molecule has 0 bridgehead atoms. The topological polar surface area (TPSA) is 45.0 Å². The van der Waals surface area contributed by atoms with E-state index in [-0.39, 0.29) is 0 Å². The lowest BCUT2D eigenvalue weighted by molar-refractivity contribution is 0.167. The van der Waals surface area contributed by atoms with Crippen molar-refractivity contribution in [3.63, 3.8) is 0 Å². The number of nitrogens with one attached hydrogen (secondary N) is 1. The first-order chi connectivity index (χ1) is 7.88. The summed E-state index contributed by atoms with van der Waals surface area (Å²) in [5.74, 6) is 2.11. The minimum Gasteiger partial charge on any atom is -0.493 e. The normalized spacial score (nSPS) is 27.2. The zero-order valence-electron chi connectivity index (χ0n) is 9.07. The molecular weight excluding hydrogens is 200 g/mol. The van der Waals surface area contributed by atoms with E-state index in [2.05, 4.69) is 11.4 Å². The highest BCUT2D eigenvalue weighted by Gasteiger charge is 2.32. The van der Waals surface area contributed by atoms with Crippen molar-refractivity contribution in [2.75, 3.05) is 19.7 Å². The van der Waals surface area contributed by atoms with Gasteiger partial charge in [-0.1, -0.05) is 0 Å². The van der Waals surface area contributed by atoms with Crippen LogP contribution in [0.4, 0.5) is 0 Å². The smallest absolute Gasteiger partial charge is 0.122 e. The van der Waals surface area contributed by atoms with Gasteiger partial charge < -0.3 is 10.1 Å². The Kier molecular flexibility index (Phi) is 2.30. The molecule has 2 aliphatic rings. The van der Waals surface area contributed by atoms with Crippen LogP contribution >= 0.6 is 0 Å². The largest absolute Gasteiger partial charge is 0.493 e. The summed E-state index contributed by atoms with van der Waals surface area (Å²) in [4.78, 5) is 0. The van der Waals surface area contributed by atoms with Crippen LogP contribution in [0.2, 0.25) is 0 Å². The molecule has 3 heteroatoms. The van der Waals surface area contributed by atoms with Gasteiger partial charge in [0.25, 0.3) is 0 Å². The minimum atomic E-state index is 0.565. The molecule has 1 aromatic carbocycles. The maximum Gasteiger partial charge on any atom is 0.122 e. The van der Waals surface area contributed by atoms with Gasteiger partial charge in [-0.05, 0) is 42.6 Å². The van der Waals surface area contributed by atoms with Gasteiger partial charge in [0.2, 0.25) is 0 Å². The Labute approximate surface area is 95.0 Å². The third-order valence-electron chi connectivity index (χ3n) is 3.60. The fraction of sp³-hybridized carbons (Fsp3) is 0.462. The summed E-state index contributed by atoms with van der Waals surface area (Å²) in [6.07, 6.45) is 1.15. The molecule has 0 spiro atoms. The first-order valence-electron chi connectivity index (χ1n) is 5.76. The first kappa shape index (κ1) is 9.68. The molecule has 1 saturated heterocycles. The lowest BCUT2D eigenvalue weighted by atomic mass is 9.79. The lowest BCUT2D eigenvalue weighted by Gasteiger charge is -2.37. The van der Waals surface area contributed by atoms with Gasteiger partial charge in [-0.3, -0.25) is 0 Å². The zero-order chi connectivity index (χ0) is 11.0. The van der Waals surface area contributed by atoms with Gasteiger partial charge in [-0.15, -0.1) is 0 Å². The average Bonchev–Trinajstić information content (AvgIpc) is 2.38. The molecular formula is C13H14N2O. The van der Waals surface area contributed by atoms with Crippen LogP contribution in [0.1, 0.15) is 23.5 Å². The maximum atomic E-state index is 8.93. The van der Waals surface area contributed by atoms with Crippen LogP contribution in [0.15, 0.2) is 18.2 Å². The minimum absolute atomic E-state index is 0.565. The Morgan fingerprint density at radius 1 is 1.44 bits per heavy atom. The molecule has 1 aromatic rings. The summed E-state index contributed by atoms with van der Waals surface area (Å²) in [6.45, 7) is 2.90. The average molecular weight is 214 g/mol. The summed E-state index contributed by atoms with van der Waals surface area (Å²) < 4.78 is 5.74. The van der Waals surface area contributed by atoms with Gasteiger partial charge >= 0.3 is 0 Å². The van der Waals surface area contributed by atoms with E-state index in [1.807, 2.05) is 18.2 Å². The fourth-order valence-electron chi connectivity index (χ4n) is 2.74. The molecule has 0 saturated carbocycles. The van der Waals surface area contributed by atoms with E-state index in [0.717, 1.165) is 37.4 Å². The number of benzene rings is 1. The fourth-order valence-corrected chi connectivity index (χ4v) is 2.74. The van der Waals surface area contributed by atoms with Crippen molar-refractivity contribution in [1.29, 1.82) is 5.26 Å². The van der Waals surface area contributed by atoms with Crippen LogP contribution in [0.3, 0.4) is 0 Å². The summed E-state index contributed by atoms with van der Waals surface area (Å²) in [5.41, 5.74) is 1.97. The molecule has 82 valence electrons. The Morgan fingerprint density at radius 3 is 3.25 bits per heavy atom. The standard InChI is InChI=1S/C13H14N2O/c14-6-9-1-2-13-12(5-9)11-3-4-15-7-10(11)8-16-13/h1-2,5,10-11,15H,3-4,7-8H2. The predicted molar refractivity (Wildman–Crippen MR) is 60.4 cm³/mol. The molecule has 2 aliphatic heterocycles. The predicted octanol–water partition coefficient (Wildman–Crippen LogP) is 1.64. The van der Waals surface area contributed by atoms with E-state index in [1.54, 1.807) is 0 Å². The quantitative estimate of drug-likeness (QED) is 0.714. The molecule has 0 aromatic heterocycles. The molecule has 16 heavy (non-hydrogen) atoms. The Hall–Kier alpha value is -1.53. The van der Waals surface area contributed by atoms with Crippen LogP contribution < -0.4 is 10.1 Å². The monoisotopic (exact) mass is 214 g/mol. The third-order valence-corrected chi connectivity index (χ3v) is 3.60. The highest BCUT2D eigenvalue weighted by molar-refractivity contribution is 5.45. The van der Waals surface area contributed by atoms with Crippen LogP contribution in [0.5, 0.6) is 5.75 Å². The molecule has 2 unspecified atom stereocenters. The molecule has 0 amide bonds. The number of rotatable bonds is 0.